The van der Waals surface area contributed by atoms with Crippen molar-refractivity contribution >= 4 is 9.84 Å². The van der Waals surface area contributed by atoms with E-state index in [4.69, 9.17) is 0 Å². The zero-order chi connectivity index (χ0) is 15.3. The Hall–Kier alpha value is -0.130. The first-order chi connectivity index (χ1) is 10.00. The Kier molecular flexibility index (Phi) is 6.51. The molecule has 1 aliphatic heterocycles. The third-order valence-corrected chi connectivity index (χ3v) is 6.90. The van der Waals surface area contributed by atoms with Crippen molar-refractivity contribution in [2.24, 2.45) is 0 Å². The average Bonchev–Trinajstić information content (AvgIpc) is 2.48. The molecular formula is C16H32N2O2S. The topological polar surface area (TPSA) is 49.4 Å². The van der Waals surface area contributed by atoms with Gasteiger partial charge in [0.2, 0.25) is 0 Å². The summed E-state index contributed by atoms with van der Waals surface area (Å²) < 4.78 is 23.4. The standard InChI is InChI=1S/C16H32N2O2S/c1-3-21(19,20)13-14(2)17-15-8-7-11-18(12-15)16-9-5-4-6-10-16/h14-17H,3-13H2,1-2H3/t14-,15-/m1/s1. The fraction of sp³-hybridized carbons (Fsp3) is 1.00. The van der Waals surface area contributed by atoms with Crippen LogP contribution < -0.4 is 5.32 Å². The van der Waals surface area contributed by atoms with Gasteiger partial charge in [0.05, 0.1) is 5.75 Å². The summed E-state index contributed by atoms with van der Waals surface area (Å²) in [5.74, 6) is 0.515. The highest BCUT2D eigenvalue weighted by molar-refractivity contribution is 7.91. The molecule has 0 aromatic heterocycles. The maximum Gasteiger partial charge on any atom is 0.151 e. The van der Waals surface area contributed by atoms with Gasteiger partial charge in [0.25, 0.3) is 0 Å². The first-order valence-electron chi connectivity index (χ1n) is 8.70. The lowest BCUT2D eigenvalue weighted by atomic mass is 9.92. The van der Waals surface area contributed by atoms with Gasteiger partial charge in [-0.1, -0.05) is 26.2 Å². The van der Waals surface area contributed by atoms with Gasteiger partial charge in [0, 0.05) is 30.4 Å². The molecule has 0 radical (unpaired) electrons. The van der Waals surface area contributed by atoms with Crippen LogP contribution in [-0.2, 0) is 9.84 Å². The monoisotopic (exact) mass is 316 g/mol. The van der Waals surface area contributed by atoms with E-state index in [2.05, 4.69) is 10.2 Å². The van der Waals surface area contributed by atoms with Crippen LogP contribution >= 0.6 is 0 Å². The summed E-state index contributed by atoms with van der Waals surface area (Å²) in [5, 5.41) is 3.56. The Balaban J connectivity index is 1.80. The third kappa shape index (κ3) is 5.53. The van der Waals surface area contributed by atoms with Crippen LogP contribution in [0.4, 0.5) is 0 Å². The second-order valence-electron chi connectivity index (χ2n) is 6.89. The van der Waals surface area contributed by atoms with Crippen molar-refractivity contribution < 1.29 is 8.42 Å². The highest BCUT2D eigenvalue weighted by atomic mass is 32.2. The predicted molar refractivity (Wildman–Crippen MR) is 88.4 cm³/mol. The van der Waals surface area contributed by atoms with E-state index in [1.165, 1.54) is 51.5 Å². The molecule has 4 nitrogen and oxygen atoms in total. The molecule has 2 aliphatic rings. The van der Waals surface area contributed by atoms with E-state index in [9.17, 15) is 8.42 Å². The number of hydrogen-bond acceptors (Lipinski definition) is 4. The third-order valence-electron chi connectivity index (χ3n) is 5.01. The normalized spacial score (nSPS) is 27.6. The molecule has 1 saturated heterocycles. The van der Waals surface area contributed by atoms with Gasteiger partial charge in [-0.2, -0.15) is 0 Å². The zero-order valence-electron chi connectivity index (χ0n) is 13.7. The lowest BCUT2D eigenvalue weighted by Gasteiger charge is -2.41. The summed E-state index contributed by atoms with van der Waals surface area (Å²) in [5.41, 5.74) is 0. The predicted octanol–water partition coefficient (Wildman–Crippen LogP) is 2.20. The van der Waals surface area contributed by atoms with Gasteiger partial charge >= 0.3 is 0 Å². The molecule has 0 aromatic carbocycles. The van der Waals surface area contributed by atoms with Gasteiger partial charge in [-0.05, 0) is 39.2 Å². The molecule has 1 heterocycles. The molecule has 0 amide bonds. The van der Waals surface area contributed by atoms with Crippen molar-refractivity contribution in [1.82, 2.24) is 10.2 Å². The van der Waals surface area contributed by atoms with Crippen molar-refractivity contribution in [2.75, 3.05) is 24.6 Å². The molecule has 0 spiro atoms. The molecule has 1 aliphatic carbocycles. The van der Waals surface area contributed by atoms with Gasteiger partial charge in [-0.15, -0.1) is 0 Å². The molecule has 2 atom stereocenters. The SMILES string of the molecule is CCS(=O)(=O)C[C@@H](C)N[C@@H]1CCCN(C2CCCCC2)C1. The largest absolute Gasteiger partial charge is 0.309 e. The van der Waals surface area contributed by atoms with Crippen LogP contribution in [0.15, 0.2) is 0 Å². The number of sulfone groups is 1. The lowest BCUT2D eigenvalue weighted by Crippen LogP contribution is -2.52. The van der Waals surface area contributed by atoms with Crippen LogP contribution in [0, 0.1) is 0 Å². The number of nitrogens with zero attached hydrogens (tertiary/aromatic N) is 1. The summed E-state index contributed by atoms with van der Waals surface area (Å²) >= 11 is 0. The van der Waals surface area contributed by atoms with Crippen molar-refractivity contribution in [3.63, 3.8) is 0 Å². The van der Waals surface area contributed by atoms with Gasteiger partial charge in [-0.3, -0.25) is 4.90 Å². The Morgan fingerprint density at radius 2 is 1.86 bits per heavy atom. The molecule has 0 aromatic rings. The summed E-state index contributed by atoms with van der Waals surface area (Å²) in [6.45, 7) is 6.06. The second kappa shape index (κ2) is 7.93. The molecule has 21 heavy (non-hydrogen) atoms. The van der Waals surface area contributed by atoms with E-state index >= 15 is 0 Å². The average molecular weight is 317 g/mol. The van der Waals surface area contributed by atoms with E-state index in [-0.39, 0.29) is 17.5 Å². The first kappa shape index (κ1) is 17.2. The Bertz CT molecular complexity index is 405. The van der Waals surface area contributed by atoms with Gasteiger partial charge in [0.1, 0.15) is 0 Å². The summed E-state index contributed by atoms with van der Waals surface area (Å²) in [6, 6.07) is 1.30. The maximum absolute atomic E-state index is 11.7. The van der Waals surface area contributed by atoms with E-state index < -0.39 is 9.84 Å². The molecule has 5 heteroatoms. The van der Waals surface area contributed by atoms with Crippen molar-refractivity contribution in [1.29, 1.82) is 0 Å². The lowest BCUT2D eigenvalue weighted by molar-refractivity contribution is 0.108. The van der Waals surface area contributed by atoms with Crippen LogP contribution in [-0.4, -0.2) is 56.0 Å². The molecule has 1 saturated carbocycles. The zero-order valence-corrected chi connectivity index (χ0v) is 14.5. The minimum atomic E-state index is -2.88. The van der Waals surface area contributed by atoms with Crippen molar-refractivity contribution in [3.8, 4) is 0 Å². The molecule has 0 unspecified atom stereocenters. The minimum absolute atomic E-state index is 0.0613. The fourth-order valence-electron chi connectivity index (χ4n) is 3.87. The molecule has 124 valence electrons. The van der Waals surface area contributed by atoms with Crippen LogP contribution in [0.3, 0.4) is 0 Å². The number of piperidine rings is 1. The van der Waals surface area contributed by atoms with Gasteiger partial charge < -0.3 is 5.32 Å². The number of likely N-dealkylation sites (tertiary alicyclic amines) is 1. The van der Waals surface area contributed by atoms with E-state index in [1.807, 2.05) is 6.92 Å². The molecule has 2 fully saturated rings. The van der Waals surface area contributed by atoms with Crippen molar-refractivity contribution in [2.45, 2.75) is 76.9 Å². The van der Waals surface area contributed by atoms with Gasteiger partial charge in [-0.25, -0.2) is 8.42 Å². The molecule has 0 bridgehead atoms. The summed E-state index contributed by atoms with van der Waals surface area (Å²) in [4.78, 5) is 2.65. The van der Waals surface area contributed by atoms with Crippen molar-refractivity contribution in [3.05, 3.63) is 0 Å². The molecule has 1 N–H and O–H groups in total. The number of rotatable bonds is 6. The second-order valence-corrected chi connectivity index (χ2v) is 9.29. The van der Waals surface area contributed by atoms with E-state index in [1.54, 1.807) is 6.92 Å². The highest BCUT2D eigenvalue weighted by Crippen LogP contribution is 2.25. The van der Waals surface area contributed by atoms with Crippen LogP contribution in [0.2, 0.25) is 0 Å². The fourth-order valence-corrected chi connectivity index (χ4v) is 4.96. The van der Waals surface area contributed by atoms with Crippen LogP contribution in [0.1, 0.15) is 58.8 Å². The minimum Gasteiger partial charge on any atom is -0.309 e. The molecule has 2 rings (SSSR count). The number of nitrogens with one attached hydrogen (secondary N) is 1. The van der Waals surface area contributed by atoms with E-state index in [0.29, 0.717) is 6.04 Å². The Labute approximate surface area is 130 Å². The van der Waals surface area contributed by atoms with E-state index in [0.717, 1.165) is 12.6 Å². The smallest absolute Gasteiger partial charge is 0.151 e. The Morgan fingerprint density at radius 1 is 1.14 bits per heavy atom. The summed E-state index contributed by atoms with van der Waals surface area (Å²) in [6.07, 6.45) is 9.28. The molecular weight excluding hydrogens is 284 g/mol. The number of hydrogen-bond donors (Lipinski definition) is 1. The van der Waals surface area contributed by atoms with Crippen LogP contribution in [0.25, 0.3) is 0 Å². The first-order valence-corrected chi connectivity index (χ1v) is 10.5. The maximum atomic E-state index is 11.7. The highest BCUT2D eigenvalue weighted by Gasteiger charge is 2.28. The van der Waals surface area contributed by atoms with Crippen LogP contribution in [0.5, 0.6) is 0 Å². The quantitative estimate of drug-likeness (QED) is 0.816. The van der Waals surface area contributed by atoms with Gasteiger partial charge in [0.15, 0.2) is 9.84 Å². The Morgan fingerprint density at radius 3 is 2.52 bits per heavy atom. The summed E-state index contributed by atoms with van der Waals surface area (Å²) in [7, 11) is -2.88.